The molecule has 1 rings (SSSR count). The predicted octanol–water partition coefficient (Wildman–Crippen LogP) is 2.82. The van der Waals surface area contributed by atoms with Crippen molar-refractivity contribution < 1.29 is 0 Å². The van der Waals surface area contributed by atoms with Crippen LogP contribution in [0, 0.1) is 12.8 Å². The van der Waals surface area contributed by atoms with Crippen LogP contribution in [0.25, 0.3) is 0 Å². The number of aromatic nitrogens is 2. The highest BCUT2D eigenvalue weighted by molar-refractivity contribution is 5.20. The van der Waals surface area contributed by atoms with Gasteiger partial charge in [-0.25, -0.2) is 0 Å². The summed E-state index contributed by atoms with van der Waals surface area (Å²) in [6, 6.07) is 0.443. The van der Waals surface area contributed by atoms with Gasteiger partial charge in [0.2, 0.25) is 0 Å². The van der Waals surface area contributed by atoms with Crippen LogP contribution in [-0.4, -0.2) is 16.3 Å². The highest BCUT2D eigenvalue weighted by atomic mass is 15.3. The minimum absolute atomic E-state index is 0.443. The fourth-order valence-electron chi connectivity index (χ4n) is 2.38. The van der Waals surface area contributed by atoms with E-state index in [-0.39, 0.29) is 0 Å². The number of hydrogen-bond acceptors (Lipinski definition) is 2. The molecule has 0 saturated heterocycles. The first-order valence-electron chi connectivity index (χ1n) is 6.33. The molecule has 0 bridgehead atoms. The minimum atomic E-state index is 0.443. The molecule has 0 aromatic carbocycles. The second-order valence-electron chi connectivity index (χ2n) is 4.64. The molecule has 1 aromatic rings. The fraction of sp³-hybridized carbons (Fsp3) is 0.769. The summed E-state index contributed by atoms with van der Waals surface area (Å²) in [6.45, 7) is 9.83. The normalized spacial score (nSPS) is 15.1. The van der Waals surface area contributed by atoms with Gasteiger partial charge in [0.05, 0.1) is 5.69 Å². The van der Waals surface area contributed by atoms with Crippen molar-refractivity contribution in [2.45, 2.75) is 46.6 Å². The molecule has 92 valence electrons. The van der Waals surface area contributed by atoms with Crippen LogP contribution in [0.15, 0.2) is 6.20 Å². The van der Waals surface area contributed by atoms with E-state index in [9.17, 15) is 0 Å². The number of nitrogens with zero attached hydrogens (tertiary/aromatic N) is 2. The van der Waals surface area contributed by atoms with Crippen LogP contribution in [0.1, 0.15) is 50.9 Å². The van der Waals surface area contributed by atoms with Gasteiger partial charge in [0.15, 0.2) is 0 Å². The molecule has 0 amide bonds. The lowest BCUT2D eigenvalue weighted by Gasteiger charge is -2.24. The molecular weight excluding hydrogens is 198 g/mol. The highest BCUT2D eigenvalue weighted by Gasteiger charge is 2.21. The summed E-state index contributed by atoms with van der Waals surface area (Å²) in [5, 5.41) is 8.02. The third kappa shape index (κ3) is 3.08. The maximum Gasteiger partial charge on any atom is 0.0641 e. The van der Waals surface area contributed by atoms with Crippen LogP contribution in [-0.2, 0) is 7.05 Å². The highest BCUT2D eigenvalue weighted by Crippen LogP contribution is 2.27. The van der Waals surface area contributed by atoms with Gasteiger partial charge in [-0.05, 0) is 25.8 Å². The fourth-order valence-corrected chi connectivity index (χ4v) is 2.38. The molecule has 1 N–H and O–H groups in total. The average Bonchev–Trinajstić information content (AvgIpc) is 2.54. The molecule has 2 unspecified atom stereocenters. The van der Waals surface area contributed by atoms with E-state index in [4.69, 9.17) is 0 Å². The molecule has 0 aliphatic rings. The SMILES string of the molecule is CCCC(C)C(NCC)c1cn(C)nc1C. The molecule has 16 heavy (non-hydrogen) atoms. The lowest BCUT2D eigenvalue weighted by molar-refractivity contribution is 0.368. The Balaban J connectivity index is 2.88. The average molecular weight is 223 g/mol. The van der Waals surface area contributed by atoms with Crippen LogP contribution < -0.4 is 5.32 Å². The molecule has 0 saturated carbocycles. The second kappa shape index (κ2) is 6.04. The molecule has 1 heterocycles. The molecule has 0 fully saturated rings. The summed E-state index contributed by atoms with van der Waals surface area (Å²) < 4.78 is 1.91. The first-order valence-corrected chi connectivity index (χ1v) is 6.33. The molecule has 0 aliphatic carbocycles. The standard InChI is InChI=1S/C13H25N3/c1-6-8-10(3)13(14-7-2)12-9-16(5)15-11(12)4/h9-10,13-14H,6-8H2,1-5H3. The van der Waals surface area contributed by atoms with Gasteiger partial charge in [-0.15, -0.1) is 0 Å². The van der Waals surface area contributed by atoms with Gasteiger partial charge in [0.25, 0.3) is 0 Å². The van der Waals surface area contributed by atoms with Gasteiger partial charge in [0.1, 0.15) is 0 Å². The van der Waals surface area contributed by atoms with Crippen molar-refractivity contribution in [2.75, 3.05) is 6.54 Å². The van der Waals surface area contributed by atoms with E-state index in [1.165, 1.54) is 18.4 Å². The number of aryl methyl sites for hydroxylation is 2. The Morgan fingerprint density at radius 1 is 1.44 bits per heavy atom. The summed E-state index contributed by atoms with van der Waals surface area (Å²) in [7, 11) is 1.99. The Bertz CT molecular complexity index is 317. The van der Waals surface area contributed by atoms with Crippen molar-refractivity contribution in [3.63, 3.8) is 0 Å². The third-order valence-electron chi connectivity index (χ3n) is 3.12. The van der Waals surface area contributed by atoms with E-state index >= 15 is 0 Å². The molecule has 2 atom stereocenters. The van der Waals surface area contributed by atoms with E-state index in [0.29, 0.717) is 12.0 Å². The van der Waals surface area contributed by atoms with Crippen molar-refractivity contribution in [3.8, 4) is 0 Å². The van der Waals surface area contributed by atoms with Gasteiger partial charge >= 0.3 is 0 Å². The van der Waals surface area contributed by atoms with Crippen molar-refractivity contribution in [2.24, 2.45) is 13.0 Å². The van der Waals surface area contributed by atoms with Gasteiger partial charge in [-0.1, -0.05) is 27.2 Å². The Morgan fingerprint density at radius 2 is 2.12 bits per heavy atom. The summed E-state index contributed by atoms with van der Waals surface area (Å²) in [5.74, 6) is 0.660. The van der Waals surface area contributed by atoms with Crippen LogP contribution in [0.2, 0.25) is 0 Å². The molecule has 1 aromatic heterocycles. The molecule has 0 aliphatic heterocycles. The van der Waals surface area contributed by atoms with E-state index in [1.54, 1.807) is 0 Å². The smallest absolute Gasteiger partial charge is 0.0641 e. The lowest BCUT2D eigenvalue weighted by Crippen LogP contribution is -2.27. The molecule has 3 nitrogen and oxygen atoms in total. The van der Waals surface area contributed by atoms with Gasteiger partial charge in [-0.3, -0.25) is 4.68 Å². The predicted molar refractivity (Wildman–Crippen MR) is 68.4 cm³/mol. The van der Waals surface area contributed by atoms with E-state index < -0.39 is 0 Å². The van der Waals surface area contributed by atoms with Gasteiger partial charge in [-0.2, -0.15) is 5.10 Å². The van der Waals surface area contributed by atoms with E-state index in [0.717, 1.165) is 12.2 Å². The Labute approximate surface area is 99.2 Å². The maximum atomic E-state index is 4.43. The van der Waals surface area contributed by atoms with Gasteiger partial charge in [0, 0.05) is 24.8 Å². The Kier molecular flexibility index (Phi) is 5.00. The zero-order valence-electron chi connectivity index (χ0n) is 11.2. The lowest BCUT2D eigenvalue weighted by atomic mass is 9.91. The molecule has 0 radical (unpaired) electrons. The monoisotopic (exact) mass is 223 g/mol. The number of hydrogen-bond donors (Lipinski definition) is 1. The van der Waals surface area contributed by atoms with Crippen LogP contribution in [0.5, 0.6) is 0 Å². The topological polar surface area (TPSA) is 29.9 Å². The Hall–Kier alpha value is -0.830. The third-order valence-corrected chi connectivity index (χ3v) is 3.12. The van der Waals surface area contributed by atoms with Crippen molar-refractivity contribution >= 4 is 0 Å². The summed E-state index contributed by atoms with van der Waals surface area (Å²) in [6.07, 6.45) is 4.64. The Morgan fingerprint density at radius 3 is 2.56 bits per heavy atom. The zero-order valence-corrected chi connectivity index (χ0v) is 11.2. The summed E-state index contributed by atoms with van der Waals surface area (Å²) >= 11 is 0. The largest absolute Gasteiger partial charge is 0.310 e. The number of rotatable bonds is 6. The van der Waals surface area contributed by atoms with Crippen molar-refractivity contribution in [1.82, 2.24) is 15.1 Å². The second-order valence-corrected chi connectivity index (χ2v) is 4.64. The van der Waals surface area contributed by atoms with E-state index in [2.05, 4.69) is 44.3 Å². The zero-order chi connectivity index (χ0) is 12.1. The first-order chi connectivity index (χ1) is 7.60. The quantitative estimate of drug-likeness (QED) is 0.803. The minimum Gasteiger partial charge on any atom is -0.310 e. The van der Waals surface area contributed by atoms with Crippen LogP contribution >= 0.6 is 0 Å². The number of nitrogens with one attached hydrogen (secondary N) is 1. The summed E-state index contributed by atoms with van der Waals surface area (Å²) in [5.41, 5.74) is 2.50. The van der Waals surface area contributed by atoms with Crippen LogP contribution in [0.4, 0.5) is 0 Å². The van der Waals surface area contributed by atoms with Gasteiger partial charge < -0.3 is 5.32 Å². The molecular formula is C13H25N3. The van der Waals surface area contributed by atoms with Crippen molar-refractivity contribution in [3.05, 3.63) is 17.5 Å². The van der Waals surface area contributed by atoms with E-state index in [1.807, 2.05) is 11.7 Å². The van der Waals surface area contributed by atoms with Crippen LogP contribution in [0.3, 0.4) is 0 Å². The maximum absolute atomic E-state index is 4.43. The van der Waals surface area contributed by atoms with Crippen molar-refractivity contribution in [1.29, 1.82) is 0 Å². The first kappa shape index (κ1) is 13.2. The molecule has 3 heteroatoms. The molecule has 0 spiro atoms. The summed E-state index contributed by atoms with van der Waals surface area (Å²) in [4.78, 5) is 0.